The van der Waals surface area contributed by atoms with Crippen LogP contribution in [0.15, 0.2) is 30.6 Å². The summed E-state index contributed by atoms with van der Waals surface area (Å²) in [7, 11) is 1.86. The zero-order chi connectivity index (χ0) is 14.4. The summed E-state index contributed by atoms with van der Waals surface area (Å²) in [4.78, 5) is 4.16. The lowest BCUT2D eigenvalue weighted by molar-refractivity contribution is 0.286. The van der Waals surface area contributed by atoms with Crippen molar-refractivity contribution in [2.45, 2.75) is 27.0 Å². The molecule has 2 rings (SSSR count). The molecule has 0 saturated heterocycles. The van der Waals surface area contributed by atoms with Gasteiger partial charge in [0.1, 0.15) is 18.7 Å². The predicted octanol–water partition coefficient (Wildman–Crippen LogP) is 2.14. The lowest BCUT2D eigenvalue weighted by Crippen LogP contribution is -2.19. The lowest BCUT2D eigenvalue weighted by Gasteiger charge is -2.12. The Labute approximate surface area is 120 Å². The molecule has 0 amide bonds. The summed E-state index contributed by atoms with van der Waals surface area (Å²) in [5.41, 5.74) is 1.16. The molecule has 1 aromatic carbocycles. The van der Waals surface area contributed by atoms with E-state index in [0.29, 0.717) is 12.5 Å². The number of benzene rings is 1. The van der Waals surface area contributed by atoms with E-state index in [9.17, 15) is 0 Å². The molecule has 0 unspecified atom stereocenters. The van der Waals surface area contributed by atoms with Crippen LogP contribution in [0, 0.1) is 5.92 Å². The molecule has 5 heteroatoms. The molecule has 108 valence electrons. The van der Waals surface area contributed by atoms with Gasteiger partial charge < -0.3 is 10.1 Å². The molecule has 0 spiro atoms. The van der Waals surface area contributed by atoms with Crippen LogP contribution >= 0.6 is 0 Å². The van der Waals surface area contributed by atoms with Gasteiger partial charge in [0.25, 0.3) is 0 Å². The van der Waals surface area contributed by atoms with Crippen LogP contribution in [0.1, 0.15) is 25.2 Å². The molecule has 0 saturated carbocycles. The Balaban J connectivity index is 1.95. The van der Waals surface area contributed by atoms with Crippen molar-refractivity contribution in [1.29, 1.82) is 0 Å². The SMILES string of the molecule is CC(C)CNCc1ccccc1OCc1ncnn1C. The average Bonchev–Trinajstić information content (AvgIpc) is 2.83. The molecular weight excluding hydrogens is 252 g/mol. The first-order valence-corrected chi connectivity index (χ1v) is 6.91. The Morgan fingerprint density at radius 2 is 2.10 bits per heavy atom. The average molecular weight is 274 g/mol. The molecule has 0 fully saturated rings. The van der Waals surface area contributed by atoms with E-state index in [1.807, 2.05) is 25.2 Å². The Morgan fingerprint density at radius 3 is 2.80 bits per heavy atom. The van der Waals surface area contributed by atoms with Crippen LogP contribution in [0.5, 0.6) is 5.75 Å². The number of rotatable bonds is 7. The van der Waals surface area contributed by atoms with Crippen molar-refractivity contribution < 1.29 is 4.74 Å². The van der Waals surface area contributed by atoms with E-state index in [2.05, 4.69) is 35.3 Å². The van der Waals surface area contributed by atoms with E-state index in [4.69, 9.17) is 4.74 Å². The molecule has 5 nitrogen and oxygen atoms in total. The second-order valence-corrected chi connectivity index (χ2v) is 5.22. The molecule has 0 aliphatic rings. The van der Waals surface area contributed by atoms with Gasteiger partial charge >= 0.3 is 0 Å². The molecule has 0 aliphatic heterocycles. The smallest absolute Gasteiger partial charge is 0.164 e. The zero-order valence-electron chi connectivity index (χ0n) is 12.3. The van der Waals surface area contributed by atoms with Crippen molar-refractivity contribution in [3.63, 3.8) is 0 Å². The zero-order valence-corrected chi connectivity index (χ0v) is 12.3. The maximum absolute atomic E-state index is 5.86. The third kappa shape index (κ3) is 4.06. The summed E-state index contributed by atoms with van der Waals surface area (Å²) in [5, 5.41) is 7.47. The number of hydrogen-bond acceptors (Lipinski definition) is 4. The van der Waals surface area contributed by atoms with E-state index in [0.717, 1.165) is 30.2 Å². The van der Waals surface area contributed by atoms with Crippen LogP contribution in [0.2, 0.25) is 0 Å². The normalized spacial score (nSPS) is 11.0. The minimum atomic E-state index is 0.428. The van der Waals surface area contributed by atoms with Crippen molar-refractivity contribution in [2.24, 2.45) is 13.0 Å². The molecule has 0 atom stereocenters. The molecule has 1 heterocycles. The van der Waals surface area contributed by atoms with Gasteiger partial charge in [0.05, 0.1) is 0 Å². The van der Waals surface area contributed by atoms with Crippen LogP contribution in [0.3, 0.4) is 0 Å². The van der Waals surface area contributed by atoms with E-state index < -0.39 is 0 Å². The molecular formula is C15H22N4O. The van der Waals surface area contributed by atoms with Crippen LogP contribution in [0.25, 0.3) is 0 Å². The van der Waals surface area contributed by atoms with Crippen LogP contribution < -0.4 is 10.1 Å². The van der Waals surface area contributed by atoms with Gasteiger partial charge in [0.15, 0.2) is 5.82 Å². The monoisotopic (exact) mass is 274 g/mol. The number of aromatic nitrogens is 3. The van der Waals surface area contributed by atoms with Gasteiger partial charge in [-0.15, -0.1) is 0 Å². The van der Waals surface area contributed by atoms with Crippen molar-refractivity contribution >= 4 is 0 Å². The van der Waals surface area contributed by atoms with Crippen molar-refractivity contribution in [1.82, 2.24) is 20.1 Å². The highest BCUT2D eigenvalue weighted by Gasteiger charge is 2.06. The summed E-state index contributed by atoms with van der Waals surface area (Å²) >= 11 is 0. The third-order valence-corrected chi connectivity index (χ3v) is 3.00. The highest BCUT2D eigenvalue weighted by Crippen LogP contribution is 2.18. The summed E-state index contributed by atoms with van der Waals surface area (Å²) in [5.74, 6) is 2.35. The van der Waals surface area contributed by atoms with E-state index in [1.165, 1.54) is 6.33 Å². The fraction of sp³-hybridized carbons (Fsp3) is 0.467. The van der Waals surface area contributed by atoms with E-state index in [-0.39, 0.29) is 0 Å². The minimum Gasteiger partial charge on any atom is -0.485 e. The van der Waals surface area contributed by atoms with Crippen LogP contribution in [0.4, 0.5) is 0 Å². The molecule has 0 radical (unpaired) electrons. The number of aryl methyl sites for hydroxylation is 1. The van der Waals surface area contributed by atoms with Crippen molar-refractivity contribution in [3.8, 4) is 5.75 Å². The maximum Gasteiger partial charge on any atom is 0.164 e. The Hall–Kier alpha value is -1.88. The Bertz CT molecular complexity index is 536. The number of ether oxygens (including phenoxy) is 1. The molecule has 1 aromatic heterocycles. The van der Waals surface area contributed by atoms with Gasteiger partial charge in [-0.1, -0.05) is 32.0 Å². The van der Waals surface area contributed by atoms with Gasteiger partial charge in [-0.3, -0.25) is 4.68 Å². The first-order valence-electron chi connectivity index (χ1n) is 6.91. The molecule has 2 aromatic rings. The van der Waals surface area contributed by atoms with Gasteiger partial charge in [-0.2, -0.15) is 5.10 Å². The molecule has 0 aliphatic carbocycles. The Morgan fingerprint density at radius 1 is 1.30 bits per heavy atom. The second kappa shape index (κ2) is 7.05. The maximum atomic E-state index is 5.86. The van der Waals surface area contributed by atoms with Crippen LogP contribution in [-0.2, 0) is 20.2 Å². The van der Waals surface area contributed by atoms with Crippen molar-refractivity contribution in [2.75, 3.05) is 6.54 Å². The first-order chi connectivity index (χ1) is 9.66. The quantitative estimate of drug-likeness (QED) is 0.840. The molecule has 1 N–H and O–H groups in total. The summed E-state index contributed by atoms with van der Waals surface area (Å²) in [6, 6.07) is 8.08. The lowest BCUT2D eigenvalue weighted by atomic mass is 10.2. The molecule has 0 bridgehead atoms. The minimum absolute atomic E-state index is 0.428. The fourth-order valence-corrected chi connectivity index (χ4v) is 1.88. The highest BCUT2D eigenvalue weighted by atomic mass is 16.5. The number of hydrogen-bond donors (Lipinski definition) is 1. The first kappa shape index (κ1) is 14.5. The third-order valence-electron chi connectivity index (χ3n) is 3.00. The van der Waals surface area contributed by atoms with Crippen molar-refractivity contribution in [3.05, 3.63) is 42.0 Å². The van der Waals surface area contributed by atoms with Gasteiger partial charge in [-0.25, -0.2) is 4.98 Å². The summed E-state index contributed by atoms with van der Waals surface area (Å²) in [6.07, 6.45) is 1.54. The van der Waals surface area contributed by atoms with E-state index in [1.54, 1.807) is 4.68 Å². The van der Waals surface area contributed by atoms with E-state index >= 15 is 0 Å². The summed E-state index contributed by atoms with van der Waals surface area (Å²) < 4.78 is 7.58. The molecule has 20 heavy (non-hydrogen) atoms. The standard InChI is InChI=1S/C15H22N4O/c1-12(2)8-16-9-13-6-4-5-7-14(13)20-10-15-17-11-18-19(15)3/h4-7,11-12,16H,8-10H2,1-3H3. The summed E-state index contributed by atoms with van der Waals surface area (Å²) in [6.45, 7) is 6.63. The largest absolute Gasteiger partial charge is 0.485 e. The topological polar surface area (TPSA) is 52.0 Å². The van der Waals surface area contributed by atoms with Gasteiger partial charge in [-0.05, 0) is 18.5 Å². The Kier molecular flexibility index (Phi) is 5.12. The van der Waals surface area contributed by atoms with Gasteiger partial charge in [0.2, 0.25) is 0 Å². The second-order valence-electron chi connectivity index (χ2n) is 5.22. The highest BCUT2D eigenvalue weighted by molar-refractivity contribution is 5.33. The number of nitrogens with one attached hydrogen (secondary N) is 1. The number of para-hydroxylation sites is 1. The van der Waals surface area contributed by atoms with Crippen LogP contribution in [-0.4, -0.2) is 21.3 Å². The fourth-order valence-electron chi connectivity index (χ4n) is 1.88. The number of nitrogens with zero attached hydrogens (tertiary/aromatic N) is 3. The predicted molar refractivity (Wildman–Crippen MR) is 78.3 cm³/mol. The van der Waals surface area contributed by atoms with Gasteiger partial charge in [0, 0.05) is 19.2 Å².